The molecule has 1 spiro atoms. The van der Waals surface area contributed by atoms with E-state index < -0.39 is 0 Å². The largest absolute Gasteiger partial charge is 0.315 e. The van der Waals surface area contributed by atoms with Gasteiger partial charge in [-0.15, -0.1) is 0 Å². The van der Waals surface area contributed by atoms with Crippen molar-refractivity contribution in [2.45, 2.75) is 25.7 Å². The fourth-order valence-corrected chi connectivity index (χ4v) is 1.95. The van der Waals surface area contributed by atoms with Gasteiger partial charge in [-0.1, -0.05) is 6.42 Å². The number of carbonyl (C=O) groups is 1. The first-order valence-corrected chi connectivity index (χ1v) is 4.08. The molecule has 2 fully saturated rings. The summed E-state index contributed by atoms with van der Waals surface area (Å²) in [5, 5.41) is 3.29. The summed E-state index contributed by atoms with van der Waals surface area (Å²) in [6.45, 7) is 1.85. The van der Waals surface area contributed by atoms with Crippen molar-refractivity contribution in [1.29, 1.82) is 0 Å². The van der Waals surface area contributed by atoms with Crippen molar-refractivity contribution in [3.8, 4) is 0 Å². The van der Waals surface area contributed by atoms with E-state index in [0.29, 0.717) is 5.78 Å². The van der Waals surface area contributed by atoms with Crippen molar-refractivity contribution >= 4 is 5.78 Å². The summed E-state index contributed by atoms with van der Waals surface area (Å²) >= 11 is 0. The molecule has 1 N–H and O–H groups in total. The van der Waals surface area contributed by atoms with Crippen LogP contribution in [0.4, 0.5) is 0 Å². The second-order valence-electron chi connectivity index (χ2n) is 3.48. The highest BCUT2D eigenvalue weighted by atomic mass is 16.1. The lowest BCUT2D eigenvalue weighted by molar-refractivity contribution is -0.135. The molecule has 1 saturated carbocycles. The van der Waals surface area contributed by atoms with Crippen molar-refractivity contribution in [1.82, 2.24) is 5.32 Å². The molecular weight excluding hydrogens is 126 g/mol. The molecule has 2 rings (SSSR count). The summed E-state index contributed by atoms with van der Waals surface area (Å²) in [7, 11) is 0. The van der Waals surface area contributed by atoms with Crippen LogP contribution >= 0.6 is 0 Å². The lowest BCUT2D eigenvalue weighted by atomic mass is 9.64. The summed E-state index contributed by atoms with van der Waals surface area (Å²) < 4.78 is 0. The Bertz CT molecular complexity index is 161. The van der Waals surface area contributed by atoms with Gasteiger partial charge in [0, 0.05) is 24.9 Å². The molecule has 1 saturated heterocycles. The molecule has 0 aromatic rings. The van der Waals surface area contributed by atoms with Crippen molar-refractivity contribution in [3.63, 3.8) is 0 Å². The van der Waals surface area contributed by atoms with E-state index in [-0.39, 0.29) is 5.41 Å². The van der Waals surface area contributed by atoms with Gasteiger partial charge in [0.05, 0.1) is 0 Å². The molecule has 1 aliphatic carbocycles. The van der Waals surface area contributed by atoms with Gasteiger partial charge in [-0.25, -0.2) is 0 Å². The van der Waals surface area contributed by atoms with Crippen LogP contribution in [0, 0.1) is 5.41 Å². The maximum atomic E-state index is 11.4. The van der Waals surface area contributed by atoms with Crippen LogP contribution in [0.15, 0.2) is 0 Å². The molecule has 0 amide bonds. The third kappa shape index (κ3) is 0.717. The van der Waals surface area contributed by atoms with E-state index >= 15 is 0 Å². The van der Waals surface area contributed by atoms with E-state index in [4.69, 9.17) is 0 Å². The summed E-state index contributed by atoms with van der Waals surface area (Å²) in [6.07, 6.45) is 4.30. The Hall–Kier alpha value is -0.370. The number of hydrogen-bond donors (Lipinski definition) is 1. The van der Waals surface area contributed by atoms with E-state index in [0.717, 1.165) is 32.4 Å². The van der Waals surface area contributed by atoms with E-state index in [1.807, 2.05) is 0 Å². The molecule has 0 aromatic carbocycles. The van der Waals surface area contributed by atoms with Gasteiger partial charge in [-0.05, 0) is 12.8 Å². The van der Waals surface area contributed by atoms with Gasteiger partial charge in [-0.2, -0.15) is 0 Å². The van der Waals surface area contributed by atoms with Gasteiger partial charge in [0.1, 0.15) is 5.78 Å². The Morgan fingerprint density at radius 1 is 1.40 bits per heavy atom. The van der Waals surface area contributed by atoms with Crippen LogP contribution in [0.3, 0.4) is 0 Å². The number of carbonyl (C=O) groups excluding carboxylic acids is 1. The first kappa shape index (κ1) is 6.35. The van der Waals surface area contributed by atoms with Crippen LogP contribution in [0.2, 0.25) is 0 Å². The molecule has 2 heteroatoms. The molecule has 0 unspecified atom stereocenters. The van der Waals surface area contributed by atoms with E-state index in [1.54, 1.807) is 0 Å². The van der Waals surface area contributed by atoms with Crippen LogP contribution < -0.4 is 5.32 Å². The number of rotatable bonds is 0. The fraction of sp³-hybridized carbons (Fsp3) is 0.875. The third-order valence-electron chi connectivity index (χ3n) is 2.89. The zero-order valence-corrected chi connectivity index (χ0v) is 6.15. The predicted octanol–water partition coefficient (Wildman–Crippen LogP) is 0.719. The average molecular weight is 139 g/mol. The molecule has 0 bridgehead atoms. The monoisotopic (exact) mass is 139 g/mol. The van der Waals surface area contributed by atoms with Crippen molar-refractivity contribution < 1.29 is 4.79 Å². The van der Waals surface area contributed by atoms with Crippen LogP contribution in [0.25, 0.3) is 0 Å². The van der Waals surface area contributed by atoms with Gasteiger partial charge >= 0.3 is 0 Å². The summed E-state index contributed by atoms with van der Waals surface area (Å²) in [6, 6.07) is 0. The van der Waals surface area contributed by atoms with Crippen LogP contribution in [0.5, 0.6) is 0 Å². The Morgan fingerprint density at radius 3 is 2.60 bits per heavy atom. The van der Waals surface area contributed by atoms with Crippen LogP contribution in [-0.2, 0) is 4.79 Å². The summed E-state index contributed by atoms with van der Waals surface area (Å²) in [4.78, 5) is 11.4. The Kier molecular flexibility index (Phi) is 1.31. The van der Waals surface area contributed by atoms with Gasteiger partial charge in [0.2, 0.25) is 0 Å². The van der Waals surface area contributed by atoms with Gasteiger partial charge < -0.3 is 5.32 Å². The number of hydrogen-bond acceptors (Lipinski definition) is 2. The molecule has 56 valence electrons. The smallest absolute Gasteiger partial charge is 0.141 e. The van der Waals surface area contributed by atoms with Gasteiger partial charge in [0.25, 0.3) is 0 Å². The molecule has 1 aliphatic heterocycles. The van der Waals surface area contributed by atoms with Crippen LogP contribution in [-0.4, -0.2) is 18.9 Å². The maximum absolute atomic E-state index is 11.4. The second kappa shape index (κ2) is 2.06. The first-order chi connectivity index (χ1) is 4.83. The molecule has 10 heavy (non-hydrogen) atoms. The number of ketones is 1. The Morgan fingerprint density at radius 2 is 2.20 bits per heavy atom. The van der Waals surface area contributed by atoms with E-state index in [9.17, 15) is 4.79 Å². The molecule has 2 nitrogen and oxygen atoms in total. The molecule has 0 aromatic heterocycles. The normalized spacial score (nSPS) is 30.2. The highest BCUT2D eigenvalue weighted by Gasteiger charge is 2.44. The lowest BCUT2D eigenvalue weighted by Crippen LogP contribution is -2.51. The highest BCUT2D eigenvalue weighted by molar-refractivity contribution is 5.86. The Balaban J connectivity index is 2.10. The minimum atomic E-state index is 0.109. The third-order valence-corrected chi connectivity index (χ3v) is 2.89. The van der Waals surface area contributed by atoms with Crippen molar-refractivity contribution in [2.24, 2.45) is 5.41 Å². The minimum Gasteiger partial charge on any atom is -0.315 e. The van der Waals surface area contributed by atoms with Crippen molar-refractivity contribution in [3.05, 3.63) is 0 Å². The quantitative estimate of drug-likeness (QED) is 0.535. The highest BCUT2D eigenvalue weighted by Crippen LogP contribution is 2.42. The molecule has 0 radical (unpaired) electrons. The van der Waals surface area contributed by atoms with E-state index in [1.165, 1.54) is 6.42 Å². The zero-order valence-electron chi connectivity index (χ0n) is 6.15. The Labute approximate surface area is 61.0 Å². The topological polar surface area (TPSA) is 29.1 Å². The average Bonchev–Trinajstić information content (AvgIpc) is 1.85. The van der Waals surface area contributed by atoms with Crippen molar-refractivity contribution in [2.75, 3.05) is 13.1 Å². The first-order valence-electron chi connectivity index (χ1n) is 4.08. The fourth-order valence-electron chi connectivity index (χ4n) is 1.95. The number of Topliss-reactive ketones (excluding diaryl/α,β-unsaturated/α-hetero) is 1. The van der Waals surface area contributed by atoms with Crippen LogP contribution in [0.1, 0.15) is 25.7 Å². The summed E-state index contributed by atoms with van der Waals surface area (Å²) in [5.74, 6) is 0.512. The van der Waals surface area contributed by atoms with E-state index in [2.05, 4.69) is 5.32 Å². The SMILES string of the molecule is O=C1CCNCC12CCC2. The summed E-state index contributed by atoms with van der Waals surface area (Å²) in [5.41, 5.74) is 0.109. The molecule has 0 atom stereocenters. The van der Waals surface area contributed by atoms with Gasteiger partial charge in [0.15, 0.2) is 0 Å². The standard InChI is InChI=1S/C8H13NO/c10-7-2-5-9-6-8(7)3-1-4-8/h9H,1-6H2. The van der Waals surface area contributed by atoms with Gasteiger partial charge in [-0.3, -0.25) is 4.79 Å². The minimum absolute atomic E-state index is 0.109. The molecular formula is C8H13NO. The second-order valence-corrected chi connectivity index (χ2v) is 3.48. The molecule has 2 aliphatic rings. The zero-order chi connectivity index (χ0) is 7.03. The molecule has 1 heterocycles. The number of piperidine rings is 1. The number of nitrogens with one attached hydrogen (secondary N) is 1. The predicted molar refractivity (Wildman–Crippen MR) is 38.8 cm³/mol. The lowest BCUT2D eigenvalue weighted by Gasteiger charge is -2.43. The maximum Gasteiger partial charge on any atom is 0.141 e.